The molecule has 1 heterocycles. The second kappa shape index (κ2) is 7.09. The highest BCUT2D eigenvalue weighted by atomic mass is 35.5. The molecule has 1 aromatic heterocycles. The quantitative estimate of drug-likeness (QED) is 0.612. The number of imide groups is 1. The van der Waals surface area contributed by atoms with E-state index in [0.717, 1.165) is 5.56 Å². The number of urea groups is 1. The molecule has 0 spiro atoms. The third kappa shape index (κ3) is 7.41. The van der Waals surface area contributed by atoms with Crippen LogP contribution in [0.4, 0.5) is 4.79 Å². The summed E-state index contributed by atoms with van der Waals surface area (Å²) in [6.07, 6.45) is 3.60. The average molecular weight is 286 g/mol. The Kier molecular flexibility index (Phi) is 6.48. The van der Waals surface area contributed by atoms with Gasteiger partial charge in [0, 0.05) is 17.7 Å². The summed E-state index contributed by atoms with van der Waals surface area (Å²) in [7, 11) is 0. The molecule has 5 nitrogen and oxygen atoms in total. The van der Waals surface area contributed by atoms with Gasteiger partial charge in [-0.05, 0) is 33.3 Å². The zero-order valence-electron chi connectivity index (χ0n) is 11.7. The highest BCUT2D eigenvalue weighted by molar-refractivity contribution is 5.93. The molecular weight excluding hydrogens is 266 g/mol. The van der Waals surface area contributed by atoms with Crippen molar-refractivity contribution in [3.63, 3.8) is 0 Å². The Morgan fingerprint density at radius 3 is 2.21 bits per heavy atom. The molecule has 0 radical (unpaired) electrons. The third-order valence-corrected chi connectivity index (χ3v) is 2.13. The fraction of sp³-hybridized carbons (Fsp3) is 0.462. The molecule has 106 valence electrons. The van der Waals surface area contributed by atoms with E-state index in [1.807, 2.05) is 39.8 Å². The lowest BCUT2D eigenvalue weighted by molar-refractivity contribution is -0.684. The van der Waals surface area contributed by atoms with Gasteiger partial charge < -0.3 is 17.7 Å². The van der Waals surface area contributed by atoms with Gasteiger partial charge in [-0.2, -0.15) is 4.57 Å². The number of carbonyl (C=O) groups is 2. The molecule has 0 bridgehead atoms. The molecule has 3 amide bonds. The predicted molar refractivity (Wildman–Crippen MR) is 67.8 cm³/mol. The van der Waals surface area contributed by atoms with Gasteiger partial charge in [0.2, 0.25) is 6.54 Å². The van der Waals surface area contributed by atoms with Gasteiger partial charge in [-0.3, -0.25) is 10.1 Å². The summed E-state index contributed by atoms with van der Waals surface area (Å²) >= 11 is 0. The highest BCUT2D eigenvalue weighted by Crippen LogP contribution is 1.97. The van der Waals surface area contributed by atoms with Crippen molar-refractivity contribution in [3.05, 3.63) is 30.1 Å². The van der Waals surface area contributed by atoms with Gasteiger partial charge in [0.25, 0.3) is 5.91 Å². The van der Waals surface area contributed by atoms with E-state index >= 15 is 0 Å². The summed E-state index contributed by atoms with van der Waals surface area (Å²) in [5.74, 6) is -0.342. The monoisotopic (exact) mass is 285 g/mol. The van der Waals surface area contributed by atoms with Gasteiger partial charge in [-0.25, -0.2) is 4.79 Å². The number of hydrogen-bond acceptors (Lipinski definition) is 2. The van der Waals surface area contributed by atoms with Gasteiger partial charge in [-0.15, -0.1) is 0 Å². The number of carbonyl (C=O) groups excluding carboxylic acids is 2. The molecule has 0 fully saturated rings. The maximum atomic E-state index is 11.6. The van der Waals surface area contributed by atoms with E-state index in [2.05, 4.69) is 10.6 Å². The van der Waals surface area contributed by atoms with E-state index in [1.165, 1.54) is 0 Å². The smallest absolute Gasteiger partial charge is 0.322 e. The minimum atomic E-state index is -0.472. The second-order valence-corrected chi connectivity index (χ2v) is 5.30. The number of hydrogen-bond donors (Lipinski definition) is 2. The van der Waals surface area contributed by atoms with Crippen LogP contribution in [0.2, 0.25) is 0 Å². The van der Waals surface area contributed by atoms with Gasteiger partial charge in [0.15, 0.2) is 12.4 Å². The zero-order chi connectivity index (χ0) is 13.8. The molecule has 0 aliphatic heterocycles. The van der Waals surface area contributed by atoms with Crippen molar-refractivity contribution in [1.29, 1.82) is 0 Å². The molecule has 0 aromatic carbocycles. The van der Waals surface area contributed by atoms with Crippen LogP contribution in [0, 0.1) is 6.92 Å². The van der Waals surface area contributed by atoms with Crippen LogP contribution in [0.3, 0.4) is 0 Å². The number of aryl methyl sites for hydroxylation is 1. The minimum absolute atomic E-state index is 0. The van der Waals surface area contributed by atoms with Crippen LogP contribution < -0.4 is 27.6 Å². The van der Waals surface area contributed by atoms with Crippen LogP contribution in [0.5, 0.6) is 0 Å². The first-order valence-corrected chi connectivity index (χ1v) is 5.84. The number of rotatable bonds is 2. The van der Waals surface area contributed by atoms with Crippen LogP contribution in [-0.2, 0) is 11.3 Å². The molecule has 0 saturated carbocycles. The van der Waals surface area contributed by atoms with E-state index in [0.29, 0.717) is 0 Å². The van der Waals surface area contributed by atoms with E-state index in [-0.39, 0.29) is 30.4 Å². The molecule has 6 heteroatoms. The first kappa shape index (κ1) is 17.4. The Hall–Kier alpha value is -1.62. The van der Waals surface area contributed by atoms with Crippen LogP contribution in [-0.4, -0.2) is 17.5 Å². The molecular formula is C13H20ClN3O2. The number of pyridine rings is 1. The molecule has 0 saturated heterocycles. The van der Waals surface area contributed by atoms with Crippen LogP contribution in [0.1, 0.15) is 26.3 Å². The maximum Gasteiger partial charge on any atom is 0.322 e. The summed E-state index contributed by atoms with van der Waals surface area (Å²) in [4.78, 5) is 23.1. The molecule has 0 aliphatic rings. The molecule has 2 N–H and O–H groups in total. The first-order valence-electron chi connectivity index (χ1n) is 5.84. The lowest BCUT2D eigenvalue weighted by Gasteiger charge is -2.19. The standard InChI is InChI=1S/C13H19N3O2.ClH/c1-10-5-7-16(8-6-10)9-11(17)14-12(18)15-13(2,3)4;/h5-8H,9H2,1-4H3,(H-,14,15,17,18);1H. The van der Waals surface area contributed by atoms with Crippen molar-refractivity contribution < 1.29 is 26.6 Å². The fourth-order valence-corrected chi connectivity index (χ4v) is 1.34. The van der Waals surface area contributed by atoms with E-state index in [4.69, 9.17) is 0 Å². The van der Waals surface area contributed by atoms with Gasteiger partial charge >= 0.3 is 6.03 Å². The molecule has 0 atom stereocenters. The Labute approximate surface area is 119 Å². The molecule has 1 rings (SSSR count). The summed E-state index contributed by atoms with van der Waals surface area (Å²) in [6.45, 7) is 7.66. The maximum absolute atomic E-state index is 11.6. The van der Waals surface area contributed by atoms with Crippen molar-refractivity contribution in [3.8, 4) is 0 Å². The number of halogens is 1. The molecule has 0 unspecified atom stereocenters. The van der Waals surface area contributed by atoms with Crippen LogP contribution in [0.15, 0.2) is 24.5 Å². The SMILES string of the molecule is Cc1cc[n+](CC(=O)NC(=O)NC(C)(C)C)cc1.[Cl-]. The van der Waals surface area contributed by atoms with Crippen LogP contribution in [0.25, 0.3) is 0 Å². The average Bonchev–Trinajstić information content (AvgIpc) is 2.18. The summed E-state index contributed by atoms with van der Waals surface area (Å²) in [5.41, 5.74) is 0.763. The number of nitrogens with zero attached hydrogens (tertiary/aromatic N) is 1. The molecule has 0 aliphatic carbocycles. The topological polar surface area (TPSA) is 62.1 Å². The largest absolute Gasteiger partial charge is 1.00 e. The zero-order valence-corrected chi connectivity index (χ0v) is 12.4. The van der Waals surface area contributed by atoms with Gasteiger partial charge in [-0.1, -0.05) is 0 Å². The lowest BCUT2D eigenvalue weighted by atomic mass is 10.1. The van der Waals surface area contributed by atoms with Crippen molar-refractivity contribution in [1.82, 2.24) is 10.6 Å². The van der Waals surface area contributed by atoms with Crippen LogP contribution >= 0.6 is 0 Å². The summed E-state index contributed by atoms with van der Waals surface area (Å²) in [5, 5.41) is 4.95. The number of nitrogens with one attached hydrogen (secondary N) is 2. The number of aromatic nitrogens is 1. The van der Waals surface area contributed by atoms with Gasteiger partial charge in [0.1, 0.15) is 0 Å². The van der Waals surface area contributed by atoms with Crippen molar-refractivity contribution in [2.75, 3.05) is 0 Å². The minimum Gasteiger partial charge on any atom is -1.00 e. The lowest BCUT2D eigenvalue weighted by Crippen LogP contribution is -3.00. The summed E-state index contributed by atoms with van der Waals surface area (Å²) in [6, 6.07) is 3.34. The van der Waals surface area contributed by atoms with Crippen molar-refractivity contribution in [2.24, 2.45) is 0 Å². The van der Waals surface area contributed by atoms with Gasteiger partial charge in [0.05, 0.1) is 0 Å². The fourth-order valence-electron chi connectivity index (χ4n) is 1.34. The Morgan fingerprint density at radius 1 is 1.21 bits per heavy atom. The molecule has 1 aromatic rings. The Bertz CT molecular complexity index is 438. The van der Waals surface area contributed by atoms with E-state index in [1.54, 1.807) is 17.0 Å². The van der Waals surface area contributed by atoms with Crippen molar-refractivity contribution in [2.45, 2.75) is 39.8 Å². The first-order chi connectivity index (χ1) is 8.26. The number of amides is 3. The predicted octanol–water partition coefficient (Wildman–Crippen LogP) is -2.09. The second-order valence-electron chi connectivity index (χ2n) is 5.30. The Morgan fingerprint density at radius 2 is 1.74 bits per heavy atom. The normalized spacial score (nSPS) is 10.3. The van der Waals surface area contributed by atoms with Crippen molar-refractivity contribution >= 4 is 11.9 Å². The third-order valence-electron chi connectivity index (χ3n) is 2.13. The summed E-state index contributed by atoms with van der Waals surface area (Å²) < 4.78 is 1.71. The Balaban J connectivity index is 0.00000324. The van der Waals surface area contributed by atoms with E-state index < -0.39 is 6.03 Å². The van der Waals surface area contributed by atoms with E-state index in [9.17, 15) is 9.59 Å². The highest BCUT2D eigenvalue weighted by Gasteiger charge is 2.17. The molecule has 19 heavy (non-hydrogen) atoms.